The van der Waals surface area contributed by atoms with Crippen LogP contribution in [0.4, 0.5) is 0 Å². The average Bonchev–Trinajstić information content (AvgIpc) is 2.94. The molecule has 0 aromatic heterocycles. The van der Waals surface area contributed by atoms with Gasteiger partial charge in [0.2, 0.25) is 0 Å². The molecule has 1 fully saturated rings. The first-order valence-electron chi connectivity index (χ1n) is 15.9. The second-order valence-electron chi connectivity index (χ2n) is 10.8. The molecule has 0 amide bonds. The molecule has 0 bridgehead atoms. The summed E-state index contributed by atoms with van der Waals surface area (Å²) in [6, 6.07) is 6.38. The highest BCUT2D eigenvalue weighted by molar-refractivity contribution is 5.40. The van der Waals surface area contributed by atoms with Crippen LogP contribution in [0, 0.1) is 6.92 Å². The summed E-state index contributed by atoms with van der Waals surface area (Å²) in [4.78, 5) is 0. The Morgan fingerprint density at radius 2 is 1.18 bits per heavy atom. The normalized spacial score (nSPS) is 23.3. The zero-order valence-corrected chi connectivity index (χ0v) is 25.9. The molecule has 0 spiro atoms. The van der Waals surface area contributed by atoms with Gasteiger partial charge in [-0.2, -0.15) is 0 Å². The highest BCUT2D eigenvalue weighted by atomic mass is 16.6. The van der Waals surface area contributed by atoms with E-state index in [-0.39, 0.29) is 30.5 Å². The molecule has 0 aliphatic carbocycles. The van der Waals surface area contributed by atoms with Gasteiger partial charge in [0.1, 0.15) is 36.3 Å². The van der Waals surface area contributed by atoms with Crippen LogP contribution in [-0.4, -0.2) is 64.1 Å². The Bertz CT molecular complexity index is 741. The second kappa shape index (κ2) is 20.7. The third-order valence-corrected chi connectivity index (χ3v) is 7.21. The van der Waals surface area contributed by atoms with E-state index < -0.39 is 0 Å². The number of aryl methyl sites for hydroxylation is 1. The number of hydrogen-bond donors (Lipinski definition) is 0. The van der Waals surface area contributed by atoms with Gasteiger partial charge in [0, 0.05) is 32.0 Å². The van der Waals surface area contributed by atoms with Crippen molar-refractivity contribution in [1.82, 2.24) is 0 Å². The van der Waals surface area contributed by atoms with Crippen LogP contribution < -0.4 is 4.74 Å². The average molecular weight is 551 g/mol. The van der Waals surface area contributed by atoms with Crippen molar-refractivity contribution in [2.45, 2.75) is 136 Å². The lowest BCUT2D eigenvalue weighted by Crippen LogP contribution is -2.58. The van der Waals surface area contributed by atoms with Gasteiger partial charge in [-0.1, -0.05) is 78.4 Å². The topological polar surface area (TPSA) is 55.4 Å². The lowest BCUT2D eigenvalue weighted by molar-refractivity contribution is -0.268. The Labute approximate surface area is 239 Å². The van der Waals surface area contributed by atoms with Crippen molar-refractivity contribution >= 4 is 0 Å². The summed E-state index contributed by atoms with van der Waals surface area (Å²) >= 11 is 0. The van der Waals surface area contributed by atoms with E-state index in [1.54, 1.807) is 0 Å². The van der Waals surface area contributed by atoms with Gasteiger partial charge in [0.15, 0.2) is 0 Å². The fourth-order valence-electron chi connectivity index (χ4n) is 4.76. The summed E-state index contributed by atoms with van der Waals surface area (Å²) in [5, 5.41) is 0. The standard InChI is InChI=1S/C33H58O6/c1-7-12-19-34-25-29-31(36-21-14-9-3)33(38-23-16-11-5)32(37-22-15-10-4)30(39-29)27-24-26(6)17-18-28(27)35-20-13-8-2/h17-18,24,29-33H,7-16,19-23,25H2,1-6H3/t29-,30+,31-,32+,33+/m1/s1. The molecule has 0 unspecified atom stereocenters. The predicted octanol–water partition coefficient (Wildman–Crippen LogP) is 7.99. The van der Waals surface area contributed by atoms with Gasteiger partial charge in [0.05, 0.1) is 13.2 Å². The first kappa shape index (κ1) is 34.0. The lowest BCUT2D eigenvalue weighted by Gasteiger charge is -2.46. The number of unbranched alkanes of at least 4 members (excludes halogenated alkanes) is 5. The minimum atomic E-state index is -0.337. The molecule has 0 saturated carbocycles. The van der Waals surface area contributed by atoms with Gasteiger partial charge in [-0.3, -0.25) is 0 Å². The Morgan fingerprint density at radius 1 is 0.641 bits per heavy atom. The second-order valence-corrected chi connectivity index (χ2v) is 10.8. The summed E-state index contributed by atoms with van der Waals surface area (Å²) in [6.07, 6.45) is 9.03. The van der Waals surface area contributed by atoms with E-state index in [1.165, 1.54) is 5.56 Å². The molecule has 2 rings (SSSR count). The molecule has 1 aliphatic heterocycles. The first-order chi connectivity index (χ1) is 19.1. The molecule has 0 radical (unpaired) electrons. The van der Waals surface area contributed by atoms with Gasteiger partial charge < -0.3 is 28.4 Å². The van der Waals surface area contributed by atoms with Crippen LogP contribution in [0.5, 0.6) is 5.75 Å². The molecule has 1 aromatic rings. The maximum atomic E-state index is 6.94. The molecule has 1 heterocycles. The summed E-state index contributed by atoms with van der Waals surface area (Å²) in [5.74, 6) is 0.867. The van der Waals surface area contributed by atoms with Crippen molar-refractivity contribution in [2.24, 2.45) is 0 Å². The summed E-state index contributed by atoms with van der Waals surface area (Å²) in [6.45, 7) is 16.9. The Morgan fingerprint density at radius 3 is 1.79 bits per heavy atom. The quantitative estimate of drug-likeness (QED) is 0.136. The van der Waals surface area contributed by atoms with Crippen LogP contribution in [0.3, 0.4) is 0 Å². The van der Waals surface area contributed by atoms with Crippen LogP contribution >= 0.6 is 0 Å². The zero-order chi connectivity index (χ0) is 28.3. The third kappa shape index (κ3) is 11.7. The fraction of sp³-hybridized carbons (Fsp3) is 0.818. The Hall–Kier alpha value is -1.18. The molecule has 5 atom stereocenters. The predicted molar refractivity (Wildman–Crippen MR) is 159 cm³/mol. The number of ether oxygens (including phenoxy) is 6. The van der Waals surface area contributed by atoms with Crippen LogP contribution in [0.25, 0.3) is 0 Å². The molecular formula is C33H58O6. The lowest BCUT2D eigenvalue weighted by atomic mass is 9.89. The van der Waals surface area contributed by atoms with Crippen molar-refractivity contribution in [3.63, 3.8) is 0 Å². The minimum absolute atomic E-state index is 0.257. The SMILES string of the molecule is CCCCOC[C@H]1O[C@@H](c2cc(C)ccc2OCCCC)[C@H](OCCCC)[C@@H](OCCCC)[C@@H]1OCCCC. The largest absolute Gasteiger partial charge is 0.493 e. The molecule has 6 nitrogen and oxygen atoms in total. The molecule has 6 heteroatoms. The molecule has 226 valence electrons. The van der Waals surface area contributed by atoms with E-state index in [0.29, 0.717) is 33.0 Å². The zero-order valence-electron chi connectivity index (χ0n) is 25.9. The van der Waals surface area contributed by atoms with Gasteiger partial charge >= 0.3 is 0 Å². The Balaban J connectivity index is 2.49. The van der Waals surface area contributed by atoms with Crippen LogP contribution in [0.15, 0.2) is 18.2 Å². The van der Waals surface area contributed by atoms with Crippen molar-refractivity contribution in [1.29, 1.82) is 0 Å². The molecular weight excluding hydrogens is 492 g/mol. The highest BCUT2D eigenvalue weighted by Crippen LogP contribution is 2.41. The van der Waals surface area contributed by atoms with E-state index in [4.69, 9.17) is 28.4 Å². The molecule has 1 aromatic carbocycles. The van der Waals surface area contributed by atoms with Crippen molar-refractivity contribution in [3.05, 3.63) is 29.3 Å². The van der Waals surface area contributed by atoms with E-state index in [9.17, 15) is 0 Å². The smallest absolute Gasteiger partial charge is 0.125 e. The van der Waals surface area contributed by atoms with Crippen molar-refractivity contribution in [2.75, 3.05) is 39.6 Å². The van der Waals surface area contributed by atoms with Gasteiger partial charge in [-0.05, 0) is 51.2 Å². The number of hydrogen-bond acceptors (Lipinski definition) is 6. The monoisotopic (exact) mass is 550 g/mol. The van der Waals surface area contributed by atoms with E-state index in [0.717, 1.165) is 82.1 Å². The van der Waals surface area contributed by atoms with E-state index in [1.807, 2.05) is 0 Å². The van der Waals surface area contributed by atoms with E-state index in [2.05, 4.69) is 59.7 Å². The van der Waals surface area contributed by atoms with Crippen molar-refractivity contribution in [3.8, 4) is 5.75 Å². The molecule has 1 saturated heterocycles. The van der Waals surface area contributed by atoms with Gasteiger partial charge in [-0.25, -0.2) is 0 Å². The third-order valence-electron chi connectivity index (χ3n) is 7.21. The summed E-state index contributed by atoms with van der Waals surface area (Å²) in [7, 11) is 0. The van der Waals surface area contributed by atoms with Crippen molar-refractivity contribution < 1.29 is 28.4 Å². The summed E-state index contributed by atoms with van der Waals surface area (Å²) < 4.78 is 39.3. The van der Waals surface area contributed by atoms with Gasteiger partial charge in [0.25, 0.3) is 0 Å². The van der Waals surface area contributed by atoms with Crippen LogP contribution in [0.1, 0.15) is 116 Å². The van der Waals surface area contributed by atoms with Crippen LogP contribution in [0.2, 0.25) is 0 Å². The number of rotatable bonds is 22. The van der Waals surface area contributed by atoms with E-state index >= 15 is 0 Å². The maximum absolute atomic E-state index is 6.94. The Kier molecular flexibility index (Phi) is 18.0. The van der Waals surface area contributed by atoms with Gasteiger partial charge in [-0.15, -0.1) is 0 Å². The maximum Gasteiger partial charge on any atom is 0.125 e. The summed E-state index contributed by atoms with van der Waals surface area (Å²) in [5.41, 5.74) is 2.20. The fourth-order valence-corrected chi connectivity index (χ4v) is 4.76. The molecule has 39 heavy (non-hydrogen) atoms. The molecule has 1 aliphatic rings. The minimum Gasteiger partial charge on any atom is -0.493 e. The van der Waals surface area contributed by atoms with Crippen LogP contribution in [-0.2, 0) is 23.7 Å². The highest BCUT2D eigenvalue weighted by Gasteiger charge is 2.49. The number of benzene rings is 1. The molecule has 0 N–H and O–H groups in total. The first-order valence-corrected chi connectivity index (χ1v) is 15.9.